The second kappa shape index (κ2) is 18.7. The van der Waals surface area contributed by atoms with E-state index < -0.39 is 94.7 Å². The molecule has 0 spiro atoms. The molecule has 6 aromatic rings. The van der Waals surface area contributed by atoms with Gasteiger partial charge in [0, 0.05) is 21.8 Å². The number of hydrogen-bond acceptors (Lipinski definition) is 22. The summed E-state index contributed by atoms with van der Waals surface area (Å²) >= 11 is 11.4. The maximum atomic E-state index is 12.6. The van der Waals surface area contributed by atoms with Gasteiger partial charge in [0.2, 0.25) is 0 Å². The first-order valence-corrected chi connectivity index (χ1v) is 22.4. The molecule has 2 aromatic heterocycles. The zero-order chi connectivity index (χ0) is 46.3. The number of aromatic nitrogens is 4. The Morgan fingerprint density at radius 2 is 0.810 bits per heavy atom. The van der Waals surface area contributed by atoms with Crippen molar-refractivity contribution in [2.45, 2.75) is 33.4 Å². The molecule has 4 aromatic carbocycles. The van der Waals surface area contributed by atoms with Crippen LogP contribution in [0.2, 0.25) is 10.0 Å². The standard InChI is InChI=1S/2C16H13ClN4O8S2.Cr/c2*1-8-14(19-18-12-6-9(17)7-13(15(12)22)31(27,28)29)16(23)21(20-8)10-2-4-11(5-3-10)30(24,25)26;/h2*2-7,22-23H,1H3,(H,24,25,26)(H,27,28,29);/q;;+3/p-3. The summed E-state index contributed by atoms with van der Waals surface area (Å²) in [4.78, 5) is -3.23. The number of azo groups is 2. The Hall–Kier alpha value is -5.55. The van der Waals surface area contributed by atoms with Gasteiger partial charge in [-0.3, -0.25) is 0 Å². The van der Waals surface area contributed by atoms with E-state index in [9.17, 15) is 72.3 Å². The second-order valence-corrected chi connectivity index (χ2v) is 18.3. The van der Waals surface area contributed by atoms with Gasteiger partial charge >= 0.3 is 24.5 Å². The molecular weight excluding hydrogens is 1000 g/mol. The molecule has 1 radical (unpaired) electrons. The normalized spacial score (nSPS) is 12.3. The molecule has 0 bridgehead atoms. The first-order valence-electron chi connectivity index (χ1n) is 16.0. The van der Waals surface area contributed by atoms with Gasteiger partial charge in [-0.2, -0.15) is 20.4 Å². The molecule has 6 rings (SSSR count). The molecule has 0 atom stereocenters. The quantitative estimate of drug-likeness (QED) is 0.141. The van der Waals surface area contributed by atoms with Gasteiger partial charge in [-0.1, -0.05) is 34.7 Å². The minimum atomic E-state index is -5.12. The average Bonchev–Trinajstić information content (AvgIpc) is 3.62. The van der Waals surface area contributed by atoms with Crippen LogP contribution in [0.1, 0.15) is 18.5 Å². The summed E-state index contributed by atoms with van der Waals surface area (Å²) in [6.07, 6.45) is 0. The minimum Gasteiger partial charge on any atom is -0.870 e. The number of halogens is 2. The first kappa shape index (κ1) is 50.1. The van der Waals surface area contributed by atoms with Gasteiger partial charge in [0.1, 0.15) is 51.8 Å². The van der Waals surface area contributed by atoms with Crippen LogP contribution < -0.4 is 20.4 Å². The van der Waals surface area contributed by atoms with E-state index in [-0.39, 0.29) is 68.7 Å². The largest absolute Gasteiger partial charge is 3.00 e. The van der Waals surface area contributed by atoms with Crippen molar-refractivity contribution in [3.05, 3.63) is 94.2 Å². The number of rotatable bonds is 10. The summed E-state index contributed by atoms with van der Waals surface area (Å²) in [5.41, 5.74) is -1.42. The van der Waals surface area contributed by atoms with E-state index in [0.717, 1.165) is 45.8 Å². The van der Waals surface area contributed by atoms with Crippen molar-refractivity contribution in [2.75, 3.05) is 0 Å². The number of benzene rings is 4. The smallest absolute Gasteiger partial charge is 0.870 e. The summed E-state index contributed by atoms with van der Waals surface area (Å²) in [6, 6.07) is 12.0. The number of hydrogen-bond donors (Lipinski definition) is 0. The molecule has 0 aliphatic rings. The van der Waals surface area contributed by atoms with E-state index in [1.54, 1.807) is 0 Å². The van der Waals surface area contributed by atoms with Crippen molar-refractivity contribution in [1.82, 2.24) is 19.6 Å². The number of nitrogens with zero attached hydrogens (tertiary/aromatic N) is 8. The summed E-state index contributed by atoms with van der Waals surface area (Å²) in [6.45, 7) is 2.79. The molecule has 0 aliphatic heterocycles. The van der Waals surface area contributed by atoms with Crippen LogP contribution in [0.15, 0.2) is 113 Å². The molecule has 0 saturated heterocycles. The van der Waals surface area contributed by atoms with Gasteiger partial charge in [0.05, 0.1) is 53.7 Å². The third kappa shape index (κ3) is 11.5. The topological polar surface area (TPSA) is 406 Å². The fourth-order valence-corrected chi connectivity index (χ4v) is 7.62. The zero-order valence-electron chi connectivity index (χ0n) is 35.8. The van der Waals surface area contributed by atoms with Gasteiger partial charge in [-0.25, -0.2) is 43.0 Å². The molecule has 0 aliphatic carbocycles. The Morgan fingerprint density at radius 1 is 0.508 bits per heavy atom. The Morgan fingerprint density at radius 3 is 1.08 bits per heavy atom. The van der Waals surface area contributed by atoms with Crippen molar-refractivity contribution in [2.24, 2.45) is 20.5 Å². The Bertz CT molecular complexity index is 3080. The molecule has 0 fully saturated rings. The van der Waals surface area contributed by atoms with Gasteiger partial charge in [0.15, 0.2) is 0 Å². The van der Waals surface area contributed by atoms with Gasteiger partial charge < -0.3 is 38.6 Å². The van der Waals surface area contributed by atoms with E-state index in [1.165, 1.54) is 38.1 Å². The van der Waals surface area contributed by atoms with Crippen molar-refractivity contribution in [3.8, 4) is 34.6 Å². The maximum Gasteiger partial charge on any atom is 3.00 e. The van der Waals surface area contributed by atoms with Crippen LogP contribution >= 0.6 is 23.2 Å². The van der Waals surface area contributed by atoms with Crippen LogP contribution in [0.25, 0.3) is 11.4 Å². The second-order valence-electron chi connectivity index (χ2n) is 12.0. The molecule has 0 saturated carbocycles. The van der Waals surface area contributed by atoms with Gasteiger partial charge in [-0.05, 0) is 86.6 Å². The van der Waals surface area contributed by atoms with Gasteiger partial charge in [0.25, 0.3) is 0 Å². The zero-order valence-corrected chi connectivity index (χ0v) is 36.9. The van der Waals surface area contributed by atoms with E-state index >= 15 is 0 Å². The molecule has 0 N–H and O–H groups in total. The average molecular weight is 1030 g/mol. The van der Waals surface area contributed by atoms with Crippen molar-refractivity contribution in [3.63, 3.8) is 0 Å². The molecular formula is C32H23Cl2CrN8O16S4. The summed E-state index contributed by atoms with van der Waals surface area (Å²) in [5, 5.41) is 71.2. The van der Waals surface area contributed by atoms with Crippen LogP contribution in [0.4, 0.5) is 22.7 Å². The predicted octanol–water partition coefficient (Wildman–Crippen LogP) is 2.97. The van der Waals surface area contributed by atoms with E-state index in [0.29, 0.717) is 12.1 Å². The van der Waals surface area contributed by atoms with Crippen LogP contribution in [0.3, 0.4) is 0 Å². The molecule has 0 amide bonds. The fourth-order valence-electron chi connectivity index (χ4n) is 4.92. The van der Waals surface area contributed by atoms with Crippen molar-refractivity contribution >= 4 is 86.4 Å². The SMILES string of the molecule is Cc1nn(-c2ccc(S(=O)(=O)[O-])cc2)c([O-])c1N=Nc1cc(Cl)cc(S(=O)(=O)[O-])c1[O-].Cc1nn(-c2ccc(S(=O)(=O)[O-])cc2)c([O-])c1N=Nc1cc(Cl)cc(S(=O)(=O)[O-])c1[O-].[Cr+3].[H+].[H+].[H+].[H+].[H+]. The molecule has 2 heterocycles. The summed E-state index contributed by atoms with van der Waals surface area (Å²) in [5.74, 6) is -4.08. The van der Waals surface area contributed by atoms with E-state index in [1.807, 2.05) is 0 Å². The third-order valence-corrected chi connectivity index (χ3v) is 11.6. The van der Waals surface area contributed by atoms with E-state index in [4.69, 9.17) is 23.2 Å². The minimum absolute atomic E-state index is 0. The van der Waals surface area contributed by atoms with Crippen molar-refractivity contribution < 1.29 is 96.8 Å². The Balaban J connectivity index is 0. The Labute approximate surface area is 383 Å². The van der Waals surface area contributed by atoms with Crippen molar-refractivity contribution in [1.29, 1.82) is 0 Å². The van der Waals surface area contributed by atoms with Crippen LogP contribution in [0, 0.1) is 13.8 Å². The van der Waals surface area contributed by atoms with Crippen LogP contribution in [0.5, 0.6) is 23.3 Å². The fraction of sp³-hybridized carbons (Fsp3) is 0.0625. The third-order valence-electron chi connectivity index (χ3n) is 7.77. The van der Waals surface area contributed by atoms with Gasteiger partial charge in [-0.15, -0.1) is 10.2 Å². The first-order chi connectivity index (χ1) is 28.6. The monoisotopic (exact) mass is 1020 g/mol. The van der Waals surface area contributed by atoms with Crippen LogP contribution in [-0.2, 0) is 57.8 Å². The van der Waals surface area contributed by atoms with E-state index in [2.05, 4.69) is 30.7 Å². The molecule has 31 heteroatoms. The summed E-state index contributed by atoms with van der Waals surface area (Å²) < 4.78 is 135. The molecule has 0 unspecified atom stereocenters. The maximum absolute atomic E-state index is 12.6. The molecule has 331 valence electrons. The summed E-state index contributed by atoms with van der Waals surface area (Å²) in [7, 11) is -19.6. The molecule has 63 heavy (non-hydrogen) atoms. The predicted molar refractivity (Wildman–Crippen MR) is 203 cm³/mol. The van der Waals surface area contributed by atoms with Crippen LogP contribution in [-0.4, -0.2) is 71.4 Å². The molecule has 24 nitrogen and oxygen atoms in total. The Kier molecular flexibility index (Phi) is 14.8. The number of aryl methyl sites for hydroxylation is 2.